The fourth-order valence-corrected chi connectivity index (χ4v) is 2.79. The summed E-state index contributed by atoms with van der Waals surface area (Å²) < 4.78 is 60.3. The van der Waals surface area contributed by atoms with E-state index in [9.17, 15) is 31.7 Å². The number of alkyl halides is 3. The molecule has 0 aliphatic heterocycles. The molecule has 0 saturated carbocycles. The Balaban J connectivity index is 2.52. The Hall–Kier alpha value is -1.82. The van der Waals surface area contributed by atoms with Gasteiger partial charge in [0, 0.05) is 30.1 Å². The third kappa shape index (κ3) is 6.06. The predicted molar refractivity (Wildman–Crippen MR) is 80.5 cm³/mol. The normalized spacial score (nSPS) is 13.1. The van der Waals surface area contributed by atoms with Crippen LogP contribution in [0.25, 0.3) is 0 Å². The van der Waals surface area contributed by atoms with Crippen molar-refractivity contribution < 1.29 is 26.5 Å². The molecule has 1 aromatic rings. The Morgan fingerprint density at radius 3 is 2.61 bits per heavy atom. The maximum atomic E-state index is 12.1. The van der Waals surface area contributed by atoms with Crippen molar-refractivity contribution in [1.29, 1.82) is 0 Å². The molecule has 0 radical (unpaired) electrons. The molecule has 0 heterocycles. The van der Waals surface area contributed by atoms with Crippen LogP contribution in [0.15, 0.2) is 28.7 Å². The Morgan fingerprint density at radius 1 is 1.39 bits per heavy atom. The highest BCUT2D eigenvalue weighted by molar-refractivity contribution is 7.98. The van der Waals surface area contributed by atoms with Crippen LogP contribution in [0.2, 0.25) is 0 Å². The monoisotopic (exact) mass is 371 g/mol. The third-order valence-electron chi connectivity index (χ3n) is 2.42. The number of sulfonamides is 1. The molecule has 2 N–H and O–H groups in total. The molecular weight excluding hydrogens is 359 g/mol. The molecule has 0 unspecified atom stereocenters. The number of benzene rings is 1. The van der Waals surface area contributed by atoms with E-state index >= 15 is 0 Å². The highest BCUT2D eigenvalue weighted by Crippen LogP contribution is 2.25. The van der Waals surface area contributed by atoms with Crippen molar-refractivity contribution in [2.75, 3.05) is 5.75 Å². The van der Waals surface area contributed by atoms with Crippen LogP contribution in [-0.4, -0.2) is 30.4 Å². The molecule has 0 spiro atoms. The first-order valence-corrected chi connectivity index (χ1v) is 8.59. The zero-order chi connectivity index (χ0) is 17.7. The van der Waals surface area contributed by atoms with Gasteiger partial charge in [-0.1, -0.05) is 12.1 Å². The Labute approximate surface area is 134 Å². The smallest absolute Gasteiger partial charge is 0.386 e. The molecule has 128 valence electrons. The lowest BCUT2D eigenvalue weighted by atomic mass is 10.2. The molecule has 0 aliphatic rings. The lowest BCUT2D eigenvalue weighted by molar-refractivity contribution is -0.384. The van der Waals surface area contributed by atoms with E-state index in [-0.39, 0.29) is 17.9 Å². The summed E-state index contributed by atoms with van der Waals surface area (Å²) in [5.41, 5.74) is 0.276. The number of non-ortho nitro benzene ring substituents is 1. The van der Waals surface area contributed by atoms with Gasteiger partial charge in [0.05, 0.1) is 4.92 Å². The van der Waals surface area contributed by atoms with E-state index < -0.39 is 26.3 Å². The van der Waals surface area contributed by atoms with Gasteiger partial charge in [-0.3, -0.25) is 10.1 Å². The number of amidine groups is 1. The topological polar surface area (TPSA) is 116 Å². The summed E-state index contributed by atoms with van der Waals surface area (Å²) in [5, 5.41) is 10.6. The standard InChI is InChI=1S/C11H12F3N3O4S2/c12-11(13,14)23(20,21)16-10(15)4-5-22-7-8-2-1-3-9(6-8)17(18)19/h1-3,6H,4-5,7H2,(H2,15,16). The van der Waals surface area contributed by atoms with Gasteiger partial charge in [-0.15, -0.1) is 4.40 Å². The van der Waals surface area contributed by atoms with Crippen molar-refractivity contribution in [3.05, 3.63) is 39.9 Å². The molecule has 0 amide bonds. The van der Waals surface area contributed by atoms with E-state index in [1.807, 2.05) is 0 Å². The summed E-state index contributed by atoms with van der Waals surface area (Å²) in [6.45, 7) is 0. The average Bonchev–Trinajstić information content (AvgIpc) is 2.42. The Bertz CT molecular complexity index is 705. The number of halogens is 3. The second kappa shape index (κ2) is 7.64. The molecule has 0 aliphatic carbocycles. The van der Waals surface area contributed by atoms with Gasteiger partial charge in [0.15, 0.2) is 0 Å². The second-order valence-corrected chi connectivity index (χ2v) is 6.93. The van der Waals surface area contributed by atoms with Crippen LogP contribution in [0.5, 0.6) is 0 Å². The van der Waals surface area contributed by atoms with E-state index in [0.29, 0.717) is 11.3 Å². The SMILES string of the molecule is N/C(CCSCc1cccc([N+](=O)[O-])c1)=N\S(=O)(=O)C(F)(F)F. The number of nitrogens with zero attached hydrogens (tertiary/aromatic N) is 2. The lowest BCUT2D eigenvalue weighted by Gasteiger charge is -2.05. The van der Waals surface area contributed by atoms with Crippen LogP contribution < -0.4 is 5.73 Å². The minimum absolute atomic E-state index is 0.0690. The van der Waals surface area contributed by atoms with Crippen molar-refractivity contribution in [2.24, 2.45) is 10.1 Å². The van der Waals surface area contributed by atoms with Gasteiger partial charge in [-0.25, -0.2) is 0 Å². The van der Waals surface area contributed by atoms with Gasteiger partial charge in [-0.05, 0) is 5.56 Å². The zero-order valence-corrected chi connectivity index (χ0v) is 13.1. The zero-order valence-electron chi connectivity index (χ0n) is 11.5. The number of thioether (sulfide) groups is 1. The van der Waals surface area contributed by atoms with Crippen molar-refractivity contribution in [1.82, 2.24) is 0 Å². The second-order valence-electron chi connectivity index (χ2n) is 4.23. The summed E-state index contributed by atoms with van der Waals surface area (Å²) in [7, 11) is -5.62. The maximum absolute atomic E-state index is 12.1. The van der Waals surface area contributed by atoms with Crippen LogP contribution in [0.1, 0.15) is 12.0 Å². The molecule has 12 heteroatoms. The first-order valence-electron chi connectivity index (χ1n) is 5.99. The molecule has 0 bridgehead atoms. The minimum Gasteiger partial charge on any atom is -0.386 e. The van der Waals surface area contributed by atoms with Crippen molar-refractivity contribution in [3.8, 4) is 0 Å². The number of nitrogens with two attached hydrogens (primary N) is 1. The summed E-state index contributed by atoms with van der Waals surface area (Å²) in [6, 6.07) is 5.88. The fraction of sp³-hybridized carbons (Fsp3) is 0.364. The van der Waals surface area contributed by atoms with Gasteiger partial charge in [-0.2, -0.15) is 33.4 Å². The van der Waals surface area contributed by atoms with Gasteiger partial charge >= 0.3 is 15.5 Å². The van der Waals surface area contributed by atoms with Gasteiger partial charge in [0.2, 0.25) is 0 Å². The largest absolute Gasteiger partial charge is 0.518 e. The highest BCUT2D eigenvalue weighted by atomic mass is 32.2. The summed E-state index contributed by atoms with van der Waals surface area (Å²) in [4.78, 5) is 10.1. The highest BCUT2D eigenvalue weighted by Gasteiger charge is 2.46. The molecule has 1 rings (SSSR count). The summed E-state index contributed by atoms with van der Waals surface area (Å²) in [5.74, 6) is -0.0688. The quantitative estimate of drug-likeness (QED) is 0.259. The molecule has 0 aromatic heterocycles. The summed E-state index contributed by atoms with van der Waals surface area (Å²) in [6.07, 6.45) is -0.158. The molecule has 0 atom stereocenters. The van der Waals surface area contributed by atoms with Crippen LogP contribution in [-0.2, 0) is 15.8 Å². The van der Waals surface area contributed by atoms with Crippen LogP contribution in [0.4, 0.5) is 18.9 Å². The van der Waals surface area contributed by atoms with Crippen LogP contribution in [0.3, 0.4) is 0 Å². The number of hydrogen-bond donors (Lipinski definition) is 1. The molecule has 1 aromatic carbocycles. The van der Waals surface area contributed by atoms with Crippen LogP contribution in [0, 0.1) is 10.1 Å². The number of hydrogen-bond acceptors (Lipinski definition) is 5. The van der Waals surface area contributed by atoms with Crippen molar-refractivity contribution in [3.63, 3.8) is 0 Å². The Morgan fingerprint density at radius 2 is 2.04 bits per heavy atom. The number of rotatable bonds is 7. The molecule has 7 nitrogen and oxygen atoms in total. The maximum Gasteiger partial charge on any atom is 0.518 e. The Kier molecular flexibility index (Phi) is 6.38. The van der Waals surface area contributed by atoms with Crippen LogP contribution >= 0.6 is 11.8 Å². The van der Waals surface area contributed by atoms with Gasteiger partial charge in [0.25, 0.3) is 5.69 Å². The van der Waals surface area contributed by atoms with E-state index in [2.05, 4.69) is 4.40 Å². The average molecular weight is 371 g/mol. The predicted octanol–water partition coefficient (Wildman–Crippen LogP) is 2.42. The minimum atomic E-state index is -5.62. The number of nitro groups is 1. The van der Waals surface area contributed by atoms with E-state index in [4.69, 9.17) is 5.73 Å². The molecule has 23 heavy (non-hydrogen) atoms. The van der Waals surface area contributed by atoms with Crippen molar-refractivity contribution in [2.45, 2.75) is 17.7 Å². The summed E-state index contributed by atoms with van der Waals surface area (Å²) >= 11 is 1.23. The number of nitro benzene ring substituents is 1. The lowest BCUT2D eigenvalue weighted by Crippen LogP contribution is -2.25. The first-order chi connectivity index (χ1) is 10.5. The molecule has 0 saturated heterocycles. The van der Waals surface area contributed by atoms with E-state index in [1.54, 1.807) is 6.07 Å². The van der Waals surface area contributed by atoms with Gasteiger partial charge in [0.1, 0.15) is 5.84 Å². The van der Waals surface area contributed by atoms with Crippen molar-refractivity contribution >= 4 is 33.3 Å². The van der Waals surface area contributed by atoms with Gasteiger partial charge < -0.3 is 5.73 Å². The molecular formula is C11H12F3N3O4S2. The first kappa shape index (κ1) is 19.2. The van der Waals surface area contributed by atoms with E-state index in [1.165, 1.54) is 30.0 Å². The molecule has 0 fully saturated rings. The van der Waals surface area contributed by atoms with E-state index in [0.717, 1.165) is 0 Å². The fourth-order valence-electron chi connectivity index (χ4n) is 1.38. The third-order valence-corrected chi connectivity index (χ3v) is 4.51.